The lowest BCUT2D eigenvalue weighted by Crippen LogP contribution is -2.44. The average molecular weight is 324 g/mol. The number of carbonyl (C=O) groups is 1. The number of nitrogens with one attached hydrogen (secondary N) is 2. The summed E-state index contributed by atoms with van der Waals surface area (Å²) in [6.45, 7) is 8.66. The molecular formula is C19H37N3O. The summed E-state index contributed by atoms with van der Waals surface area (Å²) in [6.07, 6.45) is 11.2. The third-order valence-electron chi connectivity index (χ3n) is 5.51. The van der Waals surface area contributed by atoms with Gasteiger partial charge in [0.05, 0.1) is 0 Å². The zero-order valence-electron chi connectivity index (χ0n) is 15.1. The zero-order chi connectivity index (χ0) is 16.3. The van der Waals surface area contributed by atoms with Gasteiger partial charge < -0.3 is 15.5 Å². The first-order chi connectivity index (χ1) is 11.3. The van der Waals surface area contributed by atoms with Crippen LogP contribution in [-0.4, -0.2) is 50.1 Å². The van der Waals surface area contributed by atoms with Gasteiger partial charge in [0.1, 0.15) is 0 Å². The Morgan fingerprint density at radius 3 is 2.65 bits per heavy atom. The van der Waals surface area contributed by atoms with E-state index in [1.807, 2.05) is 0 Å². The minimum atomic E-state index is 0.252. The maximum absolute atomic E-state index is 12.5. The molecule has 1 aliphatic heterocycles. The second-order valence-electron chi connectivity index (χ2n) is 7.46. The van der Waals surface area contributed by atoms with Gasteiger partial charge in [-0.25, -0.2) is 0 Å². The Morgan fingerprint density at radius 1 is 1.22 bits per heavy atom. The Bertz CT molecular complexity index is 323. The standard InChI is InChI=1S/C19H37N3O/c1-2-7-18(16-17-8-4-3-5-9-17)19(23)21-10-6-13-22-14-11-20-12-15-22/h17-18,20H,2-16H2,1H3,(H,21,23). The summed E-state index contributed by atoms with van der Waals surface area (Å²) in [7, 11) is 0. The van der Waals surface area contributed by atoms with Gasteiger partial charge in [-0.05, 0) is 31.7 Å². The summed E-state index contributed by atoms with van der Waals surface area (Å²) in [4.78, 5) is 15.0. The van der Waals surface area contributed by atoms with Crippen LogP contribution in [0.5, 0.6) is 0 Å². The Morgan fingerprint density at radius 2 is 1.96 bits per heavy atom. The number of piperazine rings is 1. The Labute approximate surface area is 142 Å². The molecule has 2 fully saturated rings. The molecule has 2 rings (SSSR count). The van der Waals surface area contributed by atoms with E-state index < -0.39 is 0 Å². The predicted octanol–water partition coefficient (Wildman–Crippen LogP) is 2.78. The van der Waals surface area contributed by atoms with Crippen LogP contribution in [0.4, 0.5) is 0 Å². The predicted molar refractivity (Wildman–Crippen MR) is 96.5 cm³/mol. The molecule has 1 unspecified atom stereocenters. The number of hydrogen-bond acceptors (Lipinski definition) is 3. The van der Waals surface area contributed by atoms with Crippen LogP contribution in [0.2, 0.25) is 0 Å². The number of rotatable bonds is 9. The van der Waals surface area contributed by atoms with Crippen molar-refractivity contribution in [2.45, 2.75) is 64.7 Å². The topological polar surface area (TPSA) is 44.4 Å². The highest BCUT2D eigenvalue weighted by atomic mass is 16.1. The molecule has 0 spiro atoms. The van der Waals surface area contributed by atoms with Gasteiger partial charge in [-0.15, -0.1) is 0 Å². The molecule has 2 N–H and O–H groups in total. The van der Waals surface area contributed by atoms with Crippen LogP contribution in [0.15, 0.2) is 0 Å². The molecule has 1 heterocycles. The van der Waals surface area contributed by atoms with Crippen LogP contribution in [-0.2, 0) is 4.79 Å². The Balaban J connectivity index is 1.63. The van der Waals surface area contributed by atoms with Crippen molar-refractivity contribution in [3.8, 4) is 0 Å². The highest BCUT2D eigenvalue weighted by Gasteiger charge is 2.23. The molecule has 0 radical (unpaired) electrons. The largest absolute Gasteiger partial charge is 0.356 e. The SMILES string of the molecule is CCCC(CC1CCCCC1)C(=O)NCCCN1CCNCC1. The van der Waals surface area contributed by atoms with Gasteiger partial charge in [-0.1, -0.05) is 45.4 Å². The maximum atomic E-state index is 12.5. The third-order valence-corrected chi connectivity index (χ3v) is 5.51. The van der Waals surface area contributed by atoms with E-state index in [2.05, 4.69) is 22.5 Å². The minimum Gasteiger partial charge on any atom is -0.356 e. The lowest BCUT2D eigenvalue weighted by atomic mass is 9.81. The second-order valence-corrected chi connectivity index (χ2v) is 7.46. The number of carbonyl (C=O) groups excluding carboxylic acids is 1. The third kappa shape index (κ3) is 7.21. The van der Waals surface area contributed by atoms with Crippen molar-refractivity contribution in [3.05, 3.63) is 0 Å². The molecule has 1 saturated heterocycles. The first kappa shape index (κ1) is 18.7. The van der Waals surface area contributed by atoms with E-state index in [-0.39, 0.29) is 5.92 Å². The van der Waals surface area contributed by atoms with Crippen LogP contribution in [0.1, 0.15) is 64.7 Å². The van der Waals surface area contributed by atoms with E-state index in [1.165, 1.54) is 32.1 Å². The fourth-order valence-electron chi connectivity index (χ4n) is 4.12. The van der Waals surface area contributed by atoms with Crippen LogP contribution >= 0.6 is 0 Å². The average Bonchev–Trinajstić information content (AvgIpc) is 2.60. The van der Waals surface area contributed by atoms with Crippen molar-refractivity contribution >= 4 is 5.91 Å². The van der Waals surface area contributed by atoms with Gasteiger partial charge in [0.25, 0.3) is 0 Å². The highest BCUT2D eigenvalue weighted by Crippen LogP contribution is 2.30. The molecule has 23 heavy (non-hydrogen) atoms. The quantitative estimate of drug-likeness (QED) is 0.641. The van der Waals surface area contributed by atoms with Crippen molar-refractivity contribution in [2.24, 2.45) is 11.8 Å². The number of amides is 1. The van der Waals surface area contributed by atoms with Gasteiger partial charge in [0.15, 0.2) is 0 Å². The van der Waals surface area contributed by atoms with Crippen molar-refractivity contribution in [1.29, 1.82) is 0 Å². The first-order valence-electron chi connectivity index (χ1n) is 10.0. The summed E-state index contributed by atoms with van der Waals surface area (Å²) in [5, 5.41) is 6.60. The zero-order valence-corrected chi connectivity index (χ0v) is 15.1. The molecule has 0 bridgehead atoms. The molecule has 2 aliphatic rings. The van der Waals surface area contributed by atoms with Gasteiger partial charge in [0, 0.05) is 38.6 Å². The highest BCUT2D eigenvalue weighted by molar-refractivity contribution is 5.78. The van der Waals surface area contributed by atoms with E-state index >= 15 is 0 Å². The molecule has 0 aromatic rings. The molecule has 4 nitrogen and oxygen atoms in total. The van der Waals surface area contributed by atoms with E-state index in [1.54, 1.807) is 0 Å². The summed E-state index contributed by atoms with van der Waals surface area (Å²) in [6, 6.07) is 0. The van der Waals surface area contributed by atoms with Crippen molar-refractivity contribution in [3.63, 3.8) is 0 Å². The molecule has 0 aromatic heterocycles. The van der Waals surface area contributed by atoms with Crippen LogP contribution < -0.4 is 10.6 Å². The van der Waals surface area contributed by atoms with E-state index in [0.29, 0.717) is 5.91 Å². The van der Waals surface area contributed by atoms with Gasteiger partial charge in [-0.3, -0.25) is 4.79 Å². The normalized spacial score (nSPS) is 22.0. The minimum absolute atomic E-state index is 0.252. The fraction of sp³-hybridized carbons (Fsp3) is 0.947. The Kier molecular flexibility index (Phi) is 8.98. The summed E-state index contributed by atoms with van der Waals surface area (Å²) in [5.41, 5.74) is 0. The van der Waals surface area contributed by atoms with Gasteiger partial charge in [-0.2, -0.15) is 0 Å². The first-order valence-corrected chi connectivity index (χ1v) is 10.0. The molecule has 1 aliphatic carbocycles. The summed E-state index contributed by atoms with van der Waals surface area (Å²) < 4.78 is 0. The molecular weight excluding hydrogens is 286 g/mol. The molecule has 4 heteroatoms. The monoisotopic (exact) mass is 323 g/mol. The van der Waals surface area contributed by atoms with Crippen molar-refractivity contribution in [1.82, 2.24) is 15.5 Å². The van der Waals surface area contributed by atoms with E-state index in [9.17, 15) is 4.79 Å². The molecule has 1 atom stereocenters. The molecule has 1 saturated carbocycles. The smallest absolute Gasteiger partial charge is 0.223 e. The van der Waals surface area contributed by atoms with Gasteiger partial charge >= 0.3 is 0 Å². The fourth-order valence-corrected chi connectivity index (χ4v) is 4.12. The van der Waals surface area contributed by atoms with Crippen molar-refractivity contribution < 1.29 is 4.79 Å². The van der Waals surface area contributed by atoms with Crippen LogP contribution in [0.25, 0.3) is 0 Å². The van der Waals surface area contributed by atoms with E-state index in [0.717, 1.165) is 70.9 Å². The lowest BCUT2D eigenvalue weighted by molar-refractivity contribution is -0.125. The lowest BCUT2D eigenvalue weighted by Gasteiger charge is -2.27. The number of nitrogens with zero attached hydrogens (tertiary/aromatic N) is 1. The summed E-state index contributed by atoms with van der Waals surface area (Å²) in [5.74, 6) is 1.37. The number of hydrogen-bond donors (Lipinski definition) is 2. The maximum Gasteiger partial charge on any atom is 0.223 e. The van der Waals surface area contributed by atoms with Crippen molar-refractivity contribution in [2.75, 3.05) is 39.3 Å². The summed E-state index contributed by atoms with van der Waals surface area (Å²) >= 11 is 0. The Hall–Kier alpha value is -0.610. The van der Waals surface area contributed by atoms with Crippen LogP contribution in [0, 0.1) is 11.8 Å². The van der Waals surface area contributed by atoms with Gasteiger partial charge in [0.2, 0.25) is 5.91 Å². The van der Waals surface area contributed by atoms with Crippen LogP contribution in [0.3, 0.4) is 0 Å². The molecule has 0 aromatic carbocycles. The molecule has 134 valence electrons. The van der Waals surface area contributed by atoms with E-state index in [4.69, 9.17) is 0 Å². The second kappa shape index (κ2) is 11.0. The molecule has 1 amide bonds.